The van der Waals surface area contributed by atoms with Gasteiger partial charge in [-0.15, -0.1) is 0 Å². The molecular formula is C24H24N4O2S. The topological polar surface area (TPSA) is 76.3 Å². The second-order valence-corrected chi connectivity index (χ2v) is 9.00. The van der Waals surface area contributed by atoms with E-state index < -0.39 is 10.0 Å². The molecule has 0 aliphatic heterocycles. The Labute approximate surface area is 182 Å². The minimum atomic E-state index is -3.71. The number of sulfonamides is 1. The molecule has 1 N–H and O–H groups in total. The third-order valence-electron chi connectivity index (χ3n) is 4.94. The molecule has 0 bridgehead atoms. The third-order valence-corrected chi connectivity index (χ3v) is 6.32. The molecule has 7 heteroatoms. The molecular weight excluding hydrogens is 408 g/mol. The number of anilines is 1. The van der Waals surface area contributed by atoms with Crippen molar-refractivity contribution in [2.24, 2.45) is 4.99 Å². The van der Waals surface area contributed by atoms with Gasteiger partial charge in [0, 0.05) is 18.3 Å². The molecule has 0 radical (unpaired) electrons. The van der Waals surface area contributed by atoms with Gasteiger partial charge in [-0.3, -0.25) is 4.72 Å². The van der Waals surface area contributed by atoms with E-state index in [2.05, 4.69) is 26.2 Å². The lowest BCUT2D eigenvalue weighted by atomic mass is 10.2. The summed E-state index contributed by atoms with van der Waals surface area (Å²) in [6.07, 6.45) is 2.61. The van der Waals surface area contributed by atoms with Crippen LogP contribution in [0.2, 0.25) is 0 Å². The van der Waals surface area contributed by atoms with Crippen molar-refractivity contribution in [2.45, 2.75) is 31.7 Å². The second-order valence-electron chi connectivity index (χ2n) is 7.32. The van der Waals surface area contributed by atoms with Crippen LogP contribution in [0.15, 0.2) is 82.7 Å². The number of nitrogens with one attached hydrogen (secondary N) is 1. The lowest BCUT2D eigenvalue weighted by Crippen LogP contribution is -2.14. The predicted octanol–water partition coefficient (Wildman–Crippen LogP) is 5.31. The molecule has 158 valence electrons. The standard InChI is InChI=1S/C24H24N4O2S/c1-3-16-28-23-11-7-6-10-22(23)26-24(28)25-17-19-8-4-5-9-21(19)27-31(29,30)20-14-12-18(2)13-15-20/h4-15,17,27H,3,16H2,1-2H3/b25-17+. The molecule has 6 nitrogen and oxygen atoms in total. The summed E-state index contributed by atoms with van der Waals surface area (Å²) >= 11 is 0. The maximum absolute atomic E-state index is 12.8. The summed E-state index contributed by atoms with van der Waals surface area (Å²) in [5, 5.41) is 0. The van der Waals surface area contributed by atoms with Gasteiger partial charge in [0.1, 0.15) is 0 Å². The number of aliphatic imine (C=N–C) groups is 1. The summed E-state index contributed by atoms with van der Waals surface area (Å²) < 4.78 is 30.4. The SMILES string of the molecule is CCCn1c(/N=C/c2ccccc2NS(=O)(=O)c2ccc(C)cc2)nc2ccccc21. The number of hydrogen-bond acceptors (Lipinski definition) is 4. The molecule has 3 aromatic carbocycles. The molecule has 0 amide bonds. The number of benzene rings is 3. The maximum atomic E-state index is 12.8. The summed E-state index contributed by atoms with van der Waals surface area (Å²) in [5.41, 5.74) is 4.04. The van der Waals surface area contributed by atoms with E-state index >= 15 is 0 Å². The molecule has 0 unspecified atom stereocenters. The zero-order valence-corrected chi connectivity index (χ0v) is 18.3. The Morgan fingerprint density at radius 3 is 2.48 bits per heavy atom. The molecule has 1 aromatic heterocycles. The lowest BCUT2D eigenvalue weighted by molar-refractivity contribution is 0.601. The first-order valence-electron chi connectivity index (χ1n) is 10.2. The fourth-order valence-corrected chi connectivity index (χ4v) is 4.44. The Morgan fingerprint density at radius 1 is 1.00 bits per heavy atom. The number of para-hydroxylation sites is 3. The van der Waals surface area contributed by atoms with Gasteiger partial charge >= 0.3 is 0 Å². The number of nitrogens with zero attached hydrogens (tertiary/aromatic N) is 3. The first kappa shape index (κ1) is 20.8. The molecule has 0 aliphatic carbocycles. The van der Waals surface area contributed by atoms with Crippen molar-refractivity contribution in [3.8, 4) is 0 Å². The van der Waals surface area contributed by atoms with Gasteiger partial charge in [-0.2, -0.15) is 0 Å². The monoisotopic (exact) mass is 432 g/mol. The minimum Gasteiger partial charge on any atom is -0.308 e. The van der Waals surface area contributed by atoms with Crippen molar-refractivity contribution in [1.82, 2.24) is 9.55 Å². The van der Waals surface area contributed by atoms with Crippen LogP contribution >= 0.6 is 0 Å². The molecule has 0 atom stereocenters. The minimum absolute atomic E-state index is 0.217. The summed E-state index contributed by atoms with van der Waals surface area (Å²) in [6, 6.07) is 21.9. The Kier molecular flexibility index (Phi) is 5.86. The highest BCUT2D eigenvalue weighted by molar-refractivity contribution is 7.92. The molecule has 0 saturated carbocycles. The van der Waals surface area contributed by atoms with Crippen LogP contribution in [0.3, 0.4) is 0 Å². The summed E-state index contributed by atoms with van der Waals surface area (Å²) in [4.78, 5) is 9.45. The predicted molar refractivity (Wildman–Crippen MR) is 126 cm³/mol. The van der Waals surface area contributed by atoms with E-state index in [9.17, 15) is 8.42 Å². The number of aryl methyl sites for hydroxylation is 2. The number of aromatic nitrogens is 2. The van der Waals surface area contributed by atoms with Gasteiger partial charge in [-0.1, -0.05) is 55.0 Å². The number of rotatable bonds is 7. The molecule has 4 rings (SSSR count). The van der Waals surface area contributed by atoms with Crippen molar-refractivity contribution in [3.63, 3.8) is 0 Å². The highest BCUT2D eigenvalue weighted by atomic mass is 32.2. The molecule has 1 heterocycles. The van der Waals surface area contributed by atoms with E-state index in [1.54, 1.807) is 42.6 Å². The lowest BCUT2D eigenvalue weighted by Gasteiger charge is -2.11. The van der Waals surface area contributed by atoms with Crippen molar-refractivity contribution >= 4 is 38.9 Å². The maximum Gasteiger partial charge on any atom is 0.261 e. The van der Waals surface area contributed by atoms with Crippen LogP contribution < -0.4 is 4.72 Å². The van der Waals surface area contributed by atoms with Crippen LogP contribution in [-0.4, -0.2) is 24.2 Å². The average molecular weight is 433 g/mol. The van der Waals surface area contributed by atoms with Crippen molar-refractivity contribution in [2.75, 3.05) is 4.72 Å². The molecule has 0 saturated heterocycles. The second kappa shape index (κ2) is 8.73. The summed E-state index contributed by atoms with van der Waals surface area (Å²) in [5.74, 6) is 0.597. The number of fused-ring (bicyclic) bond motifs is 1. The smallest absolute Gasteiger partial charge is 0.261 e. The number of hydrogen-bond donors (Lipinski definition) is 1. The largest absolute Gasteiger partial charge is 0.308 e. The van der Waals surface area contributed by atoms with Crippen molar-refractivity contribution in [3.05, 3.63) is 83.9 Å². The van der Waals surface area contributed by atoms with Crippen molar-refractivity contribution in [1.29, 1.82) is 0 Å². The van der Waals surface area contributed by atoms with Crippen LogP contribution in [0.25, 0.3) is 11.0 Å². The first-order chi connectivity index (χ1) is 15.0. The molecule has 4 aromatic rings. The average Bonchev–Trinajstić information content (AvgIpc) is 3.11. The summed E-state index contributed by atoms with van der Waals surface area (Å²) in [7, 11) is -3.71. The number of imidazole rings is 1. The first-order valence-corrected chi connectivity index (χ1v) is 11.6. The van der Waals surface area contributed by atoms with E-state index in [0.29, 0.717) is 17.2 Å². The molecule has 0 aliphatic rings. The van der Waals surface area contributed by atoms with E-state index in [-0.39, 0.29) is 4.90 Å². The van der Waals surface area contributed by atoms with Gasteiger partial charge in [-0.25, -0.2) is 18.4 Å². The zero-order valence-electron chi connectivity index (χ0n) is 17.5. The quantitative estimate of drug-likeness (QED) is 0.402. The molecule has 0 fully saturated rings. The van der Waals surface area contributed by atoms with Crippen LogP contribution in [0, 0.1) is 6.92 Å². The Balaban J connectivity index is 1.67. The Hall–Kier alpha value is -3.45. The van der Waals surface area contributed by atoms with Gasteiger partial charge in [0.25, 0.3) is 10.0 Å². The normalized spacial score (nSPS) is 11.9. The van der Waals surface area contributed by atoms with Gasteiger partial charge in [-0.05, 0) is 43.7 Å². The van der Waals surface area contributed by atoms with Crippen LogP contribution in [0.5, 0.6) is 0 Å². The van der Waals surface area contributed by atoms with E-state index in [0.717, 1.165) is 29.6 Å². The third kappa shape index (κ3) is 4.51. The van der Waals surface area contributed by atoms with E-state index in [1.165, 1.54) is 0 Å². The molecule has 31 heavy (non-hydrogen) atoms. The van der Waals surface area contributed by atoms with E-state index in [1.807, 2.05) is 43.3 Å². The highest BCUT2D eigenvalue weighted by Crippen LogP contribution is 2.24. The fourth-order valence-electron chi connectivity index (χ4n) is 3.36. The van der Waals surface area contributed by atoms with Crippen LogP contribution in [0.4, 0.5) is 11.6 Å². The van der Waals surface area contributed by atoms with Gasteiger partial charge < -0.3 is 4.57 Å². The van der Waals surface area contributed by atoms with Crippen LogP contribution in [-0.2, 0) is 16.6 Å². The Morgan fingerprint density at radius 2 is 1.71 bits per heavy atom. The Bertz CT molecular complexity index is 1340. The molecule has 0 spiro atoms. The van der Waals surface area contributed by atoms with Gasteiger partial charge in [0.2, 0.25) is 5.95 Å². The van der Waals surface area contributed by atoms with Crippen molar-refractivity contribution < 1.29 is 8.42 Å². The van der Waals surface area contributed by atoms with Gasteiger partial charge in [0.15, 0.2) is 0 Å². The van der Waals surface area contributed by atoms with Gasteiger partial charge in [0.05, 0.1) is 21.6 Å². The highest BCUT2D eigenvalue weighted by Gasteiger charge is 2.15. The van der Waals surface area contributed by atoms with E-state index in [4.69, 9.17) is 0 Å². The summed E-state index contributed by atoms with van der Waals surface area (Å²) in [6.45, 7) is 4.83. The zero-order chi connectivity index (χ0) is 21.8. The van der Waals surface area contributed by atoms with Crippen LogP contribution in [0.1, 0.15) is 24.5 Å². The fraction of sp³-hybridized carbons (Fsp3) is 0.167.